The van der Waals surface area contributed by atoms with E-state index in [1.54, 1.807) is 0 Å². The summed E-state index contributed by atoms with van der Waals surface area (Å²) in [5.74, 6) is 0. The molecule has 0 atom stereocenters. The van der Waals surface area contributed by atoms with Gasteiger partial charge in [0, 0.05) is 0 Å². The first-order chi connectivity index (χ1) is 3.52. The molecular weight excluding hydrogens is 106 g/mol. The number of hydrogen-bond acceptors (Lipinski definition) is 2. The van der Waals surface area contributed by atoms with Gasteiger partial charge >= 0.3 is 6.09 Å². The van der Waals surface area contributed by atoms with Crippen molar-refractivity contribution in [3.8, 4) is 0 Å². The van der Waals surface area contributed by atoms with Crippen LogP contribution in [0.2, 0.25) is 0 Å². The summed E-state index contributed by atoms with van der Waals surface area (Å²) in [6.45, 7) is 5.74. The van der Waals surface area contributed by atoms with Crippen molar-refractivity contribution in [2.45, 2.75) is 26.3 Å². The normalized spacial score (nSPS) is 18.4. The predicted octanol–water partition coefficient (Wildman–Crippen LogP) is 1.15. The first-order valence-electron chi connectivity index (χ1n) is 2.54. The maximum absolute atomic E-state index is 10.2. The largest absolute Gasteiger partial charge is 0.468 e. The summed E-state index contributed by atoms with van der Waals surface area (Å²) >= 11 is 0. The van der Waals surface area contributed by atoms with Gasteiger partial charge in [0.1, 0.15) is 0 Å². The molecule has 0 bridgehead atoms. The summed E-state index contributed by atoms with van der Waals surface area (Å²) in [4.78, 5) is 14.7. The van der Waals surface area contributed by atoms with Crippen molar-refractivity contribution in [3.05, 3.63) is 0 Å². The number of nitrogens with zero attached hydrogens (tertiary/aromatic N) is 1. The Bertz CT molecular complexity index is 125. The second-order valence-electron chi connectivity index (χ2n) is 2.82. The first-order valence-corrected chi connectivity index (χ1v) is 2.54. The molecule has 46 valence electrons. The number of rotatable bonds is 0. The van der Waals surface area contributed by atoms with Crippen molar-refractivity contribution in [2.24, 2.45) is 0 Å². The van der Waals surface area contributed by atoms with Gasteiger partial charge in [0.15, 0.2) is 0 Å². The van der Waals surface area contributed by atoms with Gasteiger partial charge in [-0.1, -0.05) is 0 Å². The Morgan fingerprint density at radius 2 is 1.88 bits per heavy atom. The van der Waals surface area contributed by atoms with Crippen LogP contribution in [0, 0.1) is 0 Å². The molecule has 0 saturated carbocycles. The molecule has 0 aromatic rings. The molecule has 0 unspecified atom stereocenters. The number of carbonyl (C=O) groups is 1. The molecule has 1 fully saturated rings. The molecule has 0 spiro atoms. The highest BCUT2D eigenvalue weighted by atomic mass is 16.9. The van der Waals surface area contributed by atoms with Crippen LogP contribution < -0.4 is 0 Å². The van der Waals surface area contributed by atoms with Crippen LogP contribution in [0.4, 0.5) is 4.79 Å². The molecule has 3 nitrogen and oxygen atoms in total. The monoisotopic (exact) mass is 115 g/mol. The van der Waals surface area contributed by atoms with Crippen LogP contribution in [0.15, 0.2) is 0 Å². The van der Waals surface area contributed by atoms with E-state index >= 15 is 0 Å². The second-order valence-corrected chi connectivity index (χ2v) is 2.82. The minimum atomic E-state index is -0.225. The van der Waals surface area contributed by atoms with E-state index in [2.05, 4.69) is 4.84 Å². The summed E-state index contributed by atoms with van der Waals surface area (Å²) in [6, 6.07) is 0. The van der Waals surface area contributed by atoms with Crippen LogP contribution in [-0.2, 0) is 4.84 Å². The van der Waals surface area contributed by atoms with Crippen LogP contribution in [0.1, 0.15) is 20.8 Å². The van der Waals surface area contributed by atoms with E-state index in [0.29, 0.717) is 0 Å². The van der Waals surface area contributed by atoms with E-state index in [1.807, 2.05) is 20.8 Å². The van der Waals surface area contributed by atoms with Gasteiger partial charge in [0.05, 0.1) is 5.54 Å². The van der Waals surface area contributed by atoms with E-state index < -0.39 is 0 Å². The van der Waals surface area contributed by atoms with Gasteiger partial charge in [-0.15, -0.1) is 5.06 Å². The Hall–Kier alpha value is -0.730. The maximum Gasteiger partial charge on any atom is 0.468 e. The summed E-state index contributed by atoms with van der Waals surface area (Å²) in [7, 11) is 0. The summed E-state index contributed by atoms with van der Waals surface area (Å²) in [5.41, 5.74) is -0.156. The quantitative estimate of drug-likeness (QED) is 0.443. The summed E-state index contributed by atoms with van der Waals surface area (Å²) in [6.07, 6.45) is -0.225. The highest BCUT2D eigenvalue weighted by Gasteiger charge is 2.44. The highest BCUT2D eigenvalue weighted by Crippen LogP contribution is 2.24. The fraction of sp³-hybridized carbons (Fsp3) is 0.800. The maximum atomic E-state index is 10.2. The molecule has 1 aliphatic rings. The molecule has 0 aromatic heterocycles. The zero-order valence-electron chi connectivity index (χ0n) is 5.26. The molecule has 0 N–H and O–H groups in total. The molecule has 1 amide bonds. The molecule has 3 heteroatoms. The lowest BCUT2D eigenvalue weighted by Crippen LogP contribution is -2.25. The lowest BCUT2D eigenvalue weighted by molar-refractivity contribution is 0.101. The average molecular weight is 115 g/mol. The molecule has 1 heterocycles. The van der Waals surface area contributed by atoms with E-state index in [4.69, 9.17) is 0 Å². The summed E-state index contributed by atoms with van der Waals surface area (Å²) in [5, 5.41) is 1.34. The van der Waals surface area contributed by atoms with Crippen molar-refractivity contribution in [3.63, 3.8) is 0 Å². The third kappa shape index (κ3) is 0.757. The molecule has 1 aliphatic heterocycles. The Balaban J connectivity index is 2.51. The van der Waals surface area contributed by atoms with Gasteiger partial charge in [-0.25, -0.2) is 4.79 Å². The highest BCUT2D eigenvalue weighted by molar-refractivity contribution is 5.77. The Kier molecular flexibility index (Phi) is 0.782. The third-order valence-electron chi connectivity index (χ3n) is 0.912. The molecule has 1 rings (SSSR count). The second kappa shape index (κ2) is 1.16. The molecule has 0 aliphatic carbocycles. The van der Waals surface area contributed by atoms with Gasteiger partial charge in [-0.3, -0.25) is 0 Å². The lowest BCUT2D eigenvalue weighted by atomic mass is 10.1. The molecular formula is C5H9NO2. The molecule has 8 heavy (non-hydrogen) atoms. The van der Waals surface area contributed by atoms with E-state index in [1.165, 1.54) is 5.06 Å². The number of amides is 1. The number of carbonyl (C=O) groups excluding carboxylic acids is 1. The lowest BCUT2D eigenvalue weighted by Gasteiger charge is -2.12. The number of hydroxylamine groups is 2. The van der Waals surface area contributed by atoms with Crippen LogP contribution in [0.5, 0.6) is 0 Å². The average Bonchev–Trinajstić information content (AvgIpc) is 2.13. The van der Waals surface area contributed by atoms with Gasteiger partial charge in [-0.05, 0) is 20.8 Å². The minimum absolute atomic E-state index is 0.156. The van der Waals surface area contributed by atoms with Crippen molar-refractivity contribution in [1.29, 1.82) is 0 Å². The predicted molar refractivity (Wildman–Crippen MR) is 28.1 cm³/mol. The minimum Gasteiger partial charge on any atom is -0.313 e. The van der Waals surface area contributed by atoms with E-state index in [0.717, 1.165) is 0 Å². The van der Waals surface area contributed by atoms with Gasteiger partial charge in [-0.2, -0.15) is 0 Å². The fourth-order valence-electron chi connectivity index (χ4n) is 0.468. The van der Waals surface area contributed by atoms with Gasteiger partial charge in [0.2, 0.25) is 0 Å². The zero-order chi connectivity index (χ0) is 6.36. The molecule has 1 saturated heterocycles. The van der Waals surface area contributed by atoms with Gasteiger partial charge < -0.3 is 4.84 Å². The van der Waals surface area contributed by atoms with E-state index in [-0.39, 0.29) is 11.6 Å². The molecule has 0 aromatic carbocycles. The SMILES string of the molecule is CC(C)(C)N1OC1=O. The Morgan fingerprint density at radius 3 is 1.88 bits per heavy atom. The van der Waals surface area contributed by atoms with Crippen LogP contribution in [0.25, 0.3) is 0 Å². The van der Waals surface area contributed by atoms with Crippen molar-refractivity contribution >= 4 is 6.09 Å². The smallest absolute Gasteiger partial charge is 0.313 e. The topological polar surface area (TPSA) is 32.6 Å². The third-order valence-corrected chi connectivity index (χ3v) is 0.912. The fourth-order valence-corrected chi connectivity index (χ4v) is 0.468. The van der Waals surface area contributed by atoms with Crippen molar-refractivity contribution < 1.29 is 9.63 Å². The van der Waals surface area contributed by atoms with E-state index in [9.17, 15) is 4.79 Å². The van der Waals surface area contributed by atoms with Crippen LogP contribution in [0.3, 0.4) is 0 Å². The van der Waals surface area contributed by atoms with Crippen molar-refractivity contribution in [1.82, 2.24) is 5.06 Å². The van der Waals surface area contributed by atoms with Gasteiger partial charge in [0.25, 0.3) is 0 Å². The summed E-state index contributed by atoms with van der Waals surface area (Å²) < 4.78 is 0. The van der Waals surface area contributed by atoms with Crippen LogP contribution >= 0.6 is 0 Å². The Morgan fingerprint density at radius 1 is 1.50 bits per heavy atom. The Labute approximate surface area is 48.2 Å². The molecule has 0 radical (unpaired) electrons. The standard InChI is InChI=1S/C5H9NO2/c1-5(2,3)6-4(7)8-6/h1-3H3. The number of hydrogen-bond donors (Lipinski definition) is 0. The zero-order valence-corrected chi connectivity index (χ0v) is 5.26. The van der Waals surface area contributed by atoms with Crippen LogP contribution in [-0.4, -0.2) is 16.7 Å². The van der Waals surface area contributed by atoms with Crippen molar-refractivity contribution in [2.75, 3.05) is 0 Å². The first kappa shape index (κ1) is 5.41.